The summed E-state index contributed by atoms with van der Waals surface area (Å²) in [6.45, 7) is 8.01. The van der Waals surface area contributed by atoms with E-state index in [9.17, 15) is 9.90 Å². The van der Waals surface area contributed by atoms with Gasteiger partial charge in [0.2, 0.25) is 0 Å². The lowest BCUT2D eigenvalue weighted by atomic mass is 10.0. The highest BCUT2D eigenvalue weighted by Crippen LogP contribution is 2.24. The molecule has 4 heteroatoms. The topological polar surface area (TPSA) is 55.1 Å². The molecular formula is C15H16N2O2. The van der Waals surface area contributed by atoms with Gasteiger partial charge >= 0.3 is 5.97 Å². The Labute approximate surface area is 112 Å². The summed E-state index contributed by atoms with van der Waals surface area (Å²) in [5.41, 5.74) is 4.06. The number of hydrogen-bond donors (Lipinski definition) is 1. The number of rotatable bonds is 4. The summed E-state index contributed by atoms with van der Waals surface area (Å²) >= 11 is 0. The minimum absolute atomic E-state index is 0.176. The quantitative estimate of drug-likeness (QED) is 0.855. The van der Waals surface area contributed by atoms with Crippen LogP contribution in [0.15, 0.2) is 36.9 Å². The summed E-state index contributed by atoms with van der Waals surface area (Å²) in [5, 5.41) is 13.5. The highest BCUT2D eigenvalue weighted by atomic mass is 16.4. The van der Waals surface area contributed by atoms with Crippen LogP contribution in [-0.4, -0.2) is 20.9 Å². The Morgan fingerprint density at radius 1 is 1.42 bits per heavy atom. The maximum absolute atomic E-state index is 11.2. The van der Waals surface area contributed by atoms with Gasteiger partial charge in [-0.05, 0) is 25.5 Å². The molecule has 2 aromatic rings. The molecule has 0 aliphatic heterocycles. The van der Waals surface area contributed by atoms with E-state index < -0.39 is 5.97 Å². The third-order valence-corrected chi connectivity index (χ3v) is 2.96. The monoisotopic (exact) mass is 256 g/mol. The van der Waals surface area contributed by atoms with Crippen LogP contribution in [-0.2, 0) is 6.54 Å². The second kappa shape index (κ2) is 5.10. The normalized spacial score (nSPS) is 10.4. The van der Waals surface area contributed by atoms with Crippen molar-refractivity contribution in [3.8, 4) is 11.3 Å². The largest absolute Gasteiger partial charge is 0.477 e. The number of carbonyl (C=O) groups is 1. The van der Waals surface area contributed by atoms with Gasteiger partial charge in [-0.1, -0.05) is 29.8 Å². The number of aromatic nitrogens is 2. The Bertz CT molecular complexity index is 642. The maximum atomic E-state index is 11.2. The number of carboxylic acids is 1. The Hall–Kier alpha value is -2.36. The minimum atomic E-state index is -0.981. The average Bonchev–Trinajstić information content (AvgIpc) is 2.73. The van der Waals surface area contributed by atoms with Gasteiger partial charge in [-0.2, -0.15) is 5.10 Å². The molecule has 0 saturated heterocycles. The second-order valence-corrected chi connectivity index (χ2v) is 4.51. The molecule has 4 nitrogen and oxygen atoms in total. The fraction of sp³-hybridized carbons (Fsp3) is 0.200. The smallest absolute Gasteiger partial charge is 0.354 e. The first-order valence-corrected chi connectivity index (χ1v) is 6.02. The summed E-state index contributed by atoms with van der Waals surface area (Å²) in [6, 6.07) is 7.62. The van der Waals surface area contributed by atoms with Gasteiger partial charge in [0, 0.05) is 5.56 Å². The van der Waals surface area contributed by atoms with Crippen LogP contribution in [0.25, 0.3) is 11.3 Å². The van der Waals surface area contributed by atoms with E-state index in [0.717, 1.165) is 11.1 Å². The molecule has 1 N–H and O–H groups in total. The summed E-state index contributed by atoms with van der Waals surface area (Å²) in [5.74, 6) is -0.981. The van der Waals surface area contributed by atoms with Crippen LogP contribution in [0.2, 0.25) is 0 Å². The molecule has 0 aliphatic rings. The summed E-state index contributed by atoms with van der Waals surface area (Å²) in [6.07, 6.45) is 1.63. The molecular weight excluding hydrogens is 240 g/mol. The standard InChI is InChI=1S/C15H16N2O2/c1-4-7-17-14(15(18)19)9-13(16-17)12-6-5-10(2)8-11(12)3/h4-6,8-9H,1,7H2,2-3H3,(H,18,19). The number of allylic oxidation sites excluding steroid dienone is 1. The molecule has 0 radical (unpaired) electrons. The van der Waals surface area contributed by atoms with Crippen molar-refractivity contribution in [3.63, 3.8) is 0 Å². The minimum Gasteiger partial charge on any atom is -0.477 e. The first-order chi connectivity index (χ1) is 9.02. The Balaban J connectivity index is 2.53. The van der Waals surface area contributed by atoms with E-state index in [1.807, 2.05) is 26.0 Å². The number of nitrogens with zero attached hydrogens (tertiary/aromatic N) is 2. The SMILES string of the molecule is C=CCn1nc(-c2ccc(C)cc2C)cc1C(=O)O. The zero-order valence-corrected chi connectivity index (χ0v) is 11.1. The first kappa shape index (κ1) is 13.1. The molecule has 0 saturated carbocycles. The molecule has 1 heterocycles. The van der Waals surface area contributed by atoms with Gasteiger partial charge in [0.15, 0.2) is 0 Å². The van der Waals surface area contributed by atoms with Crippen molar-refractivity contribution in [2.24, 2.45) is 0 Å². The van der Waals surface area contributed by atoms with Crippen molar-refractivity contribution in [1.82, 2.24) is 9.78 Å². The van der Waals surface area contributed by atoms with Crippen molar-refractivity contribution in [2.45, 2.75) is 20.4 Å². The first-order valence-electron chi connectivity index (χ1n) is 6.02. The van der Waals surface area contributed by atoms with Crippen LogP contribution in [0.4, 0.5) is 0 Å². The van der Waals surface area contributed by atoms with E-state index in [0.29, 0.717) is 12.2 Å². The zero-order valence-electron chi connectivity index (χ0n) is 11.1. The lowest BCUT2D eigenvalue weighted by Gasteiger charge is -2.03. The highest BCUT2D eigenvalue weighted by molar-refractivity contribution is 5.87. The highest BCUT2D eigenvalue weighted by Gasteiger charge is 2.15. The molecule has 2 rings (SSSR count). The van der Waals surface area contributed by atoms with Crippen LogP contribution >= 0.6 is 0 Å². The molecule has 98 valence electrons. The third-order valence-electron chi connectivity index (χ3n) is 2.96. The van der Waals surface area contributed by atoms with E-state index in [-0.39, 0.29) is 5.69 Å². The van der Waals surface area contributed by atoms with Crippen molar-refractivity contribution in [1.29, 1.82) is 0 Å². The van der Waals surface area contributed by atoms with E-state index >= 15 is 0 Å². The Kier molecular flexibility index (Phi) is 3.51. The molecule has 0 fully saturated rings. The number of carboxylic acid groups (broad SMARTS) is 1. The molecule has 0 atom stereocenters. The molecule has 0 spiro atoms. The Morgan fingerprint density at radius 2 is 2.16 bits per heavy atom. The molecule has 1 aromatic carbocycles. The van der Waals surface area contributed by atoms with Gasteiger partial charge in [0.05, 0.1) is 12.2 Å². The molecule has 1 aromatic heterocycles. The van der Waals surface area contributed by atoms with E-state index in [4.69, 9.17) is 0 Å². The predicted molar refractivity (Wildman–Crippen MR) is 74.3 cm³/mol. The van der Waals surface area contributed by atoms with Gasteiger partial charge < -0.3 is 5.11 Å². The van der Waals surface area contributed by atoms with Crippen molar-refractivity contribution in [2.75, 3.05) is 0 Å². The maximum Gasteiger partial charge on any atom is 0.354 e. The van der Waals surface area contributed by atoms with E-state index in [1.165, 1.54) is 10.2 Å². The lowest BCUT2D eigenvalue weighted by molar-refractivity contribution is 0.0684. The lowest BCUT2D eigenvalue weighted by Crippen LogP contribution is -2.08. The molecule has 19 heavy (non-hydrogen) atoms. The fourth-order valence-corrected chi connectivity index (χ4v) is 2.08. The van der Waals surface area contributed by atoms with Gasteiger partial charge in [-0.15, -0.1) is 6.58 Å². The van der Waals surface area contributed by atoms with E-state index in [2.05, 4.69) is 17.7 Å². The van der Waals surface area contributed by atoms with Crippen molar-refractivity contribution in [3.05, 3.63) is 53.7 Å². The van der Waals surface area contributed by atoms with Gasteiger partial charge in [-0.3, -0.25) is 4.68 Å². The van der Waals surface area contributed by atoms with Gasteiger partial charge in [0.25, 0.3) is 0 Å². The summed E-state index contributed by atoms with van der Waals surface area (Å²) in [4.78, 5) is 11.2. The molecule has 0 amide bonds. The van der Waals surface area contributed by atoms with Gasteiger partial charge in [0.1, 0.15) is 5.69 Å². The predicted octanol–water partition coefficient (Wildman–Crippen LogP) is 3.05. The van der Waals surface area contributed by atoms with Gasteiger partial charge in [-0.25, -0.2) is 4.79 Å². The zero-order chi connectivity index (χ0) is 14.0. The number of aryl methyl sites for hydroxylation is 2. The van der Waals surface area contributed by atoms with E-state index in [1.54, 1.807) is 12.1 Å². The van der Waals surface area contributed by atoms with Crippen LogP contribution in [0.1, 0.15) is 21.6 Å². The van der Waals surface area contributed by atoms with Crippen LogP contribution in [0.5, 0.6) is 0 Å². The number of aromatic carboxylic acids is 1. The second-order valence-electron chi connectivity index (χ2n) is 4.51. The average molecular weight is 256 g/mol. The molecule has 0 aliphatic carbocycles. The summed E-state index contributed by atoms with van der Waals surface area (Å²) < 4.78 is 1.45. The van der Waals surface area contributed by atoms with Crippen LogP contribution in [0.3, 0.4) is 0 Å². The molecule has 0 unspecified atom stereocenters. The number of hydrogen-bond acceptors (Lipinski definition) is 2. The Morgan fingerprint density at radius 3 is 2.74 bits per heavy atom. The van der Waals surface area contributed by atoms with Crippen LogP contribution < -0.4 is 0 Å². The summed E-state index contributed by atoms with van der Waals surface area (Å²) in [7, 11) is 0. The third kappa shape index (κ3) is 2.57. The molecule has 0 bridgehead atoms. The van der Waals surface area contributed by atoms with Crippen molar-refractivity contribution < 1.29 is 9.90 Å². The number of benzene rings is 1. The van der Waals surface area contributed by atoms with Crippen molar-refractivity contribution >= 4 is 5.97 Å². The van der Waals surface area contributed by atoms with Crippen LogP contribution in [0, 0.1) is 13.8 Å². The fourth-order valence-electron chi connectivity index (χ4n) is 2.08.